The van der Waals surface area contributed by atoms with Crippen molar-refractivity contribution in [2.75, 3.05) is 13.7 Å². The number of ether oxygens (including phenoxy) is 2. The normalized spacial score (nSPS) is 17.3. The molecule has 0 aromatic heterocycles. The van der Waals surface area contributed by atoms with Gasteiger partial charge in [0, 0.05) is 12.0 Å². The number of fused-ring (bicyclic) bond motifs is 1. The number of carbonyl (C=O) groups is 1. The van der Waals surface area contributed by atoms with Crippen LogP contribution in [0.3, 0.4) is 0 Å². The maximum atomic E-state index is 11.3. The molecule has 0 spiro atoms. The highest BCUT2D eigenvalue weighted by atomic mass is 16.5. The lowest BCUT2D eigenvalue weighted by Gasteiger charge is -2.10. The van der Waals surface area contributed by atoms with Gasteiger partial charge in [-0.05, 0) is 31.2 Å². The summed E-state index contributed by atoms with van der Waals surface area (Å²) in [6, 6.07) is 5.75. The molecule has 1 aliphatic rings. The van der Waals surface area contributed by atoms with Gasteiger partial charge in [0.1, 0.15) is 17.6 Å². The molecule has 0 fully saturated rings. The van der Waals surface area contributed by atoms with Crippen molar-refractivity contribution in [3.05, 3.63) is 35.9 Å². The van der Waals surface area contributed by atoms with Gasteiger partial charge >= 0.3 is 0 Å². The number of allylic oxidation sites excluding steroid dienone is 1. The number of carbonyl (C=O) groups excluding carboxylic acids is 1. The highest BCUT2D eigenvalue weighted by Crippen LogP contribution is 2.31. The van der Waals surface area contributed by atoms with Gasteiger partial charge in [0.05, 0.1) is 13.7 Å². The third-order valence-corrected chi connectivity index (χ3v) is 2.83. The molecule has 1 heterocycles. The zero-order chi connectivity index (χ0) is 13.0. The molecule has 0 unspecified atom stereocenters. The monoisotopic (exact) mass is 247 g/mol. The van der Waals surface area contributed by atoms with Crippen LogP contribution in [0.4, 0.5) is 0 Å². The molecular weight excluding hydrogens is 230 g/mol. The Morgan fingerprint density at radius 1 is 1.61 bits per heavy atom. The third kappa shape index (κ3) is 2.83. The fraction of sp³-hybridized carbons (Fsp3) is 0.357. The first-order chi connectivity index (χ1) is 8.72. The smallest absolute Gasteiger partial charge is 0.243 e. The second-order valence-corrected chi connectivity index (χ2v) is 4.16. The van der Waals surface area contributed by atoms with Crippen molar-refractivity contribution in [2.45, 2.75) is 19.4 Å². The minimum atomic E-state index is -0.0883. The predicted molar refractivity (Wildman–Crippen MR) is 68.9 cm³/mol. The molecule has 1 aromatic rings. The van der Waals surface area contributed by atoms with Crippen LogP contribution in [0.2, 0.25) is 0 Å². The Morgan fingerprint density at radius 3 is 3.17 bits per heavy atom. The van der Waals surface area contributed by atoms with Gasteiger partial charge in [-0.1, -0.05) is 6.08 Å². The maximum absolute atomic E-state index is 11.3. The van der Waals surface area contributed by atoms with Crippen LogP contribution in [0.15, 0.2) is 30.4 Å². The van der Waals surface area contributed by atoms with E-state index >= 15 is 0 Å². The zero-order valence-electron chi connectivity index (χ0n) is 10.6. The van der Waals surface area contributed by atoms with Gasteiger partial charge in [-0.3, -0.25) is 4.79 Å². The number of methoxy groups -OCH3 is 1. The summed E-state index contributed by atoms with van der Waals surface area (Å²) >= 11 is 0. The number of rotatable bonds is 4. The Balaban J connectivity index is 1.91. The topological polar surface area (TPSA) is 47.6 Å². The predicted octanol–water partition coefficient (Wildman–Crippen LogP) is 1.69. The number of amides is 1. The summed E-state index contributed by atoms with van der Waals surface area (Å²) in [7, 11) is 1.65. The van der Waals surface area contributed by atoms with Crippen LogP contribution >= 0.6 is 0 Å². The third-order valence-electron chi connectivity index (χ3n) is 2.83. The summed E-state index contributed by atoms with van der Waals surface area (Å²) < 4.78 is 10.9. The Hall–Kier alpha value is -1.97. The van der Waals surface area contributed by atoms with E-state index in [1.54, 1.807) is 13.2 Å². The Morgan fingerprint density at radius 2 is 2.44 bits per heavy atom. The summed E-state index contributed by atoms with van der Waals surface area (Å²) in [5, 5.41) is 2.81. The lowest BCUT2D eigenvalue weighted by atomic mass is 10.1. The first-order valence-corrected chi connectivity index (χ1v) is 5.97. The van der Waals surface area contributed by atoms with Gasteiger partial charge in [0.15, 0.2) is 0 Å². The summed E-state index contributed by atoms with van der Waals surface area (Å²) in [5.74, 6) is 1.62. The van der Waals surface area contributed by atoms with E-state index in [0.29, 0.717) is 6.54 Å². The molecule has 1 atom stereocenters. The standard InChI is InChI=1S/C14H17NO3/c1-3-4-14(16)15-9-12-8-10-7-11(17-2)5-6-13(10)18-12/h3-7,12H,8-9H2,1-2H3,(H,15,16)/b4-3+/t12-/m0/s1. The summed E-state index contributed by atoms with van der Waals surface area (Å²) in [4.78, 5) is 11.3. The van der Waals surface area contributed by atoms with E-state index in [1.165, 1.54) is 6.08 Å². The van der Waals surface area contributed by atoms with Crippen molar-refractivity contribution in [1.82, 2.24) is 5.32 Å². The number of benzene rings is 1. The van der Waals surface area contributed by atoms with Gasteiger partial charge in [-0.25, -0.2) is 0 Å². The van der Waals surface area contributed by atoms with Gasteiger partial charge in [-0.15, -0.1) is 0 Å². The minimum Gasteiger partial charge on any atom is -0.497 e. The molecule has 96 valence electrons. The van der Waals surface area contributed by atoms with Crippen LogP contribution in [-0.4, -0.2) is 25.7 Å². The van der Waals surface area contributed by atoms with Crippen molar-refractivity contribution in [3.63, 3.8) is 0 Å². The highest BCUT2D eigenvalue weighted by Gasteiger charge is 2.23. The molecular formula is C14H17NO3. The van der Waals surface area contributed by atoms with Crippen LogP contribution in [-0.2, 0) is 11.2 Å². The van der Waals surface area contributed by atoms with E-state index < -0.39 is 0 Å². The van der Waals surface area contributed by atoms with E-state index in [0.717, 1.165) is 23.5 Å². The maximum Gasteiger partial charge on any atom is 0.243 e. The molecule has 4 heteroatoms. The molecule has 1 amide bonds. The van der Waals surface area contributed by atoms with Crippen molar-refractivity contribution in [1.29, 1.82) is 0 Å². The fourth-order valence-corrected chi connectivity index (χ4v) is 1.96. The number of nitrogens with one attached hydrogen (secondary N) is 1. The van der Waals surface area contributed by atoms with Crippen molar-refractivity contribution < 1.29 is 14.3 Å². The number of hydrogen-bond donors (Lipinski definition) is 1. The fourth-order valence-electron chi connectivity index (χ4n) is 1.96. The van der Waals surface area contributed by atoms with E-state index in [9.17, 15) is 4.79 Å². The van der Waals surface area contributed by atoms with Gasteiger partial charge < -0.3 is 14.8 Å². The molecule has 0 radical (unpaired) electrons. The average molecular weight is 247 g/mol. The van der Waals surface area contributed by atoms with Crippen LogP contribution < -0.4 is 14.8 Å². The summed E-state index contributed by atoms with van der Waals surface area (Å²) in [5.41, 5.74) is 1.12. The summed E-state index contributed by atoms with van der Waals surface area (Å²) in [6.07, 6.45) is 4.01. The zero-order valence-corrected chi connectivity index (χ0v) is 10.6. The molecule has 2 rings (SSSR count). The average Bonchev–Trinajstić information content (AvgIpc) is 2.78. The SMILES string of the molecule is C/C=C/C(=O)NC[C@@H]1Cc2cc(OC)ccc2O1. The van der Waals surface area contributed by atoms with E-state index in [2.05, 4.69) is 5.32 Å². The Kier molecular flexibility index (Phi) is 3.87. The van der Waals surface area contributed by atoms with Crippen LogP contribution in [0.1, 0.15) is 12.5 Å². The minimum absolute atomic E-state index is 0.00122. The lowest BCUT2D eigenvalue weighted by molar-refractivity contribution is -0.116. The Labute approximate surface area is 107 Å². The van der Waals surface area contributed by atoms with E-state index in [4.69, 9.17) is 9.47 Å². The molecule has 18 heavy (non-hydrogen) atoms. The van der Waals surface area contributed by atoms with E-state index in [-0.39, 0.29) is 12.0 Å². The second kappa shape index (κ2) is 5.58. The summed E-state index contributed by atoms with van der Waals surface area (Å²) in [6.45, 7) is 2.33. The quantitative estimate of drug-likeness (QED) is 0.824. The van der Waals surface area contributed by atoms with Gasteiger partial charge in [0.2, 0.25) is 5.91 Å². The largest absolute Gasteiger partial charge is 0.497 e. The second-order valence-electron chi connectivity index (χ2n) is 4.16. The molecule has 1 N–H and O–H groups in total. The lowest BCUT2D eigenvalue weighted by Crippen LogP contribution is -2.33. The number of hydrogen-bond acceptors (Lipinski definition) is 3. The molecule has 0 saturated carbocycles. The van der Waals surface area contributed by atoms with Crippen molar-refractivity contribution >= 4 is 5.91 Å². The van der Waals surface area contributed by atoms with Crippen molar-refractivity contribution in [3.8, 4) is 11.5 Å². The van der Waals surface area contributed by atoms with Crippen LogP contribution in [0.25, 0.3) is 0 Å². The Bertz CT molecular complexity index is 468. The van der Waals surface area contributed by atoms with E-state index in [1.807, 2.05) is 25.1 Å². The first-order valence-electron chi connectivity index (χ1n) is 5.97. The highest BCUT2D eigenvalue weighted by molar-refractivity contribution is 5.87. The molecule has 0 aliphatic carbocycles. The molecule has 1 aliphatic heterocycles. The van der Waals surface area contributed by atoms with Gasteiger partial charge in [-0.2, -0.15) is 0 Å². The van der Waals surface area contributed by atoms with Crippen LogP contribution in [0.5, 0.6) is 11.5 Å². The molecule has 0 bridgehead atoms. The van der Waals surface area contributed by atoms with Crippen LogP contribution in [0, 0.1) is 0 Å². The first kappa shape index (κ1) is 12.5. The molecule has 4 nitrogen and oxygen atoms in total. The van der Waals surface area contributed by atoms with Gasteiger partial charge in [0.25, 0.3) is 0 Å². The molecule has 0 saturated heterocycles. The van der Waals surface area contributed by atoms with Crippen molar-refractivity contribution in [2.24, 2.45) is 0 Å². The molecule has 1 aromatic carbocycles.